The number of amides is 1. The van der Waals surface area contributed by atoms with Crippen LogP contribution in [0.1, 0.15) is 35.1 Å². The van der Waals surface area contributed by atoms with Gasteiger partial charge in [-0.3, -0.25) is 4.79 Å². The summed E-state index contributed by atoms with van der Waals surface area (Å²) in [4.78, 5) is 25.7. The largest absolute Gasteiger partial charge is 0.364 e. The van der Waals surface area contributed by atoms with Gasteiger partial charge < -0.3 is 14.3 Å². The number of nitrogens with zero attached hydrogens (tertiary/aromatic N) is 5. The number of aryl methyl sites for hydroxylation is 2. The number of hydrogen-bond acceptors (Lipinski definition) is 6. The molecule has 126 valence electrons. The first-order valence-electron chi connectivity index (χ1n) is 8.45. The van der Waals surface area contributed by atoms with Crippen LogP contribution < -0.4 is 4.90 Å². The van der Waals surface area contributed by atoms with E-state index in [-0.39, 0.29) is 11.9 Å². The zero-order valence-electron chi connectivity index (χ0n) is 14.0. The summed E-state index contributed by atoms with van der Waals surface area (Å²) in [6.07, 6.45) is 4.82. The van der Waals surface area contributed by atoms with Gasteiger partial charge in [0.1, 0.15) is 24.0 Å². The topological polar surface area (TPSA) is 75.4 Å². The fourth-order valence-electron chi connectivity index (χ4n) is 3.86. The number of rotatable bonds is 3. The lowest BCUT2D eigenvalue weighted by Crippen LogP contribution is -2.40. The number of anilines is 1. The molecule has 7 heteroatoms. The zero-order valence-corrected chi connectivity index (χ0v) is 14.0. The Hall–Kier alpha value is -2.44. The highest BCUT2D eigenvalue weighted by Gasteiger charge is 2.44. The average Bonchev–Trinajstić information content (AvgIpc) is 3.28. The molecule has 2 fully saturated rings. The zero-order chi connectivity index (χ0) is 16.7. The summed E-state index contributed by atoms with van der Waals surface area (Å²) in [5, 5.41) is 3.94. The van der Waals surface area contributed by atoms with E-state index >= 15 is 0 Å². The van der Waals surface area contributed by atoms with Crippen LogP contribution in [0.25, 0.3) is 0 Å². The number of aromatic nitrogens is 3. The summed E-state index contributed by atoms with van der Waals surface area (Å²) >= 11 is 0. The van der Waals surface area contributed by atoms with Crippen molar-refractivity contribution in [3.05, 3.63) is 35.6 Å². The second kappa shape index (κ2) is 5.89. The SMILES string of the molecule is CCc1nocc1C(=O)N1CC[C@@H]2CN(c3cc(C)ncn3)C[C@@H]21. The molecule has 2 saturated heterocycles. The number of fused-ring (bicyclic) bond motifs is 1. The van der Waals surface area contributed by atoms with Gasteiger partial charge in [-0.2, -0.15) is 0 Å². The molecule has 2 aromatic heterocycles. The first-order chi connectivity index (χ1) is 11.7. The Balaban J connectivity index is 1.53. The quantitative estimate of drug-likeness (QED) is 0.854. The molecule has 0 unspecified atom stereocenters. The number of hydrogen-bond donors (Lipinski definition) is 0. The Bertz CT molecular complexity index is 759. The van der Waals surface area contributed by atoms with E-state index in [1.54, 1.807) is 6.33 Å². The molecule has 0 bridgehead atoms. The first kappa shape index (κ1) is 15.1. The molecular formula is C17H21N5O2. The van der Waals surface area contributed by atoms with Gasteiger partial charge in [-0.25, -0.2) is 9.97 Å². The second-order valence-corrected chi connectivity index (χ2v) is 6.57. The number of carbonyl (C=O) groups excluding carboxylic acids is 1. The van der Waals surface area contributed by atoms with E-state index in [4.69, 9.17) is 4.52 Å². The third kappa shape index (κ3) is 2.44. The van der Waals surface area contributed by atoms with Gasteiger partial charge in [-0.05, 0) is 19.8 Å². The van der Waals surface area contributed by atoms with Crippen LogP contribution in [0, 0.1) is 12.8 Å². The van der Waals surface area contributed by atoms with Crippen LogP contribution in [-0.2, 0) is 6.42 Å². The molecule has 1 amide bonds. The fourth-order valence-corrected chi connectivity index (χ4v) is 3.86. The maximum Gasteiger partial charge on any atom is 0.259 e. The average molecular weight is 327 g/mol. The molecule has 0 aromatic carbocycles. The van der Waals surface area contributed by atoms with Crippen molar-refractivity contribution in [3.8, 4) is 0 Å². The number of likely N-dealkylation sites (tertiary alicyclic amines) is 1. The summed E-state index contributed by atoms with van der Waals surface area (Å²) in [6, 6.07) is 2.23. The van der Waals surface area contributed by atoms with E-state index in [0.29, 0.717) is 17.9 Å². The molecule has 2 aliphatic rings. The monoisotopic (exact) mass is 327 g/mol. The third-order valence-electron chi connectivity index (χ3n) is 5.13. The van der Waals surface area contributed by atoms with Crippen LogP contribution >= 0.6 is 0 Å². The van der Waals surface area contributed by atoms with Gasteiger partial charge in [-0.15, -0.1) is 0 Å². The van der Waals surface area contributed by atoms with Crippen LogP contribution in [0.5, 0.6) is 0 Å². The Morgan fingerprint density at radius 2 is 2.25 bits per heavy atom. The molecule has 0 saturated carbocycles. The summed E-state index contributed by atoms with van der Waals surface area (Å²) in [6.45, 7) is 6.51. The minimum absolute atomic E-state index is 0.0429. The molecule has 4 rings (SSSR count). The van der Waals surface area contributed by atoms with Gasteiger partial charge in [0.25, 0.3) is 5.91 Å². The van der Waals surface area contributed by atoms with Crippen LogP contribution in [0.2, 0.25) is 0 Å². The minimum atomic E-state index is 0.0429. The van der Waals surface area contributed by atoms with Gasteiger partial charge in [-0.1, -0.05) is 12.1 Å². The van der Waals surface area contributed by atoms with Gasteiger partial charge in [0, 0.05) is 37.3 Å². The van der Waals surface area contributed by atoms with Crippen molar-refractivity contribution in [3.63, 3.8) is 0 Å². The Kier molecular flexibility index (Phi) is 3.70. The van der Waals surface area contributed by atoms with Crippen LogP contribution in [0.3, 0.4) is 0 Å². The highest BCUT2D eigenvalue weighted by molar-refractivity contribution is 5.95. The van der Waals surface area contributed by atoms with Crippen molar-refractivity contribution in [2.75, 3.05) is 24.5 Å². The van der Waals surface area contributed by atoms with E-state index in [1.807, 2.05) is 24.8 Å². The molecule has 0 N–H and O–H groups in total. The molecule has 2 atom stereocenters. The van der Waals surface area contributed by atoms with Gasteiger partial charge in [0.05, 0.1) is 11.7 Å². The van der Waals surface area contributed by atoms with Gasteiger partial charge >= 0.3 is 0 Å². The lowest BCUT2D eigenvalue weighted by molar-refractivity contribution is 0.0736. The van der Waals surface area contributed by atoms with Crippen molar-refractivity contribution in [1.29, 1.82) is 0 Å². The summed E-state index contributed by atoms with van der Waals surface area (Å²) in [5.41, 5.74) is 2.31. The van der Waals surface area contributed by atoms with Crippen molar-refractivity contribution in [2.45, 2.75) is 32.7 Å². The highest BCUT2D eigenvalue weighted by atomic mass is 16.5. The lowest BCUT2D eigenvalue weighted by atomic mass is 10.0. The molecule has 0 aliphatic carbocycles. The fraction of sp³-hybridized carbons (Fsp3) is 0.529. The standard InChI is InChI=1S/C17H21N5O2/c1-3-14-13(9-24-20-14)17(23)22-5-4-12-7-21(8-15(12)22)16-6-11(2)18-10-19-16/h6,9-10,12,15H,3-5,7-8H2,1-2H3/t12-,15+/m1/s1. The summed E-state index contributed by atoms with van der Waals surface area (Å²) in [7, 11) is 0. The molecule has 2 aliphatic heterocycles. The van der Waals surface area contributed by atoms with Crippen LogP contribution in [0.4, 0.5) is 5.82 Å². The minimum Gasteiger partial charge on any atom is -0.364 e. The maximum absolute atomic E-state index is 12.9. The molecule has 7 nitrogen and oxygen atoms in total. The molecule has 4 heterocycles. The van der Waals surface area contributed by atoms with E-state index in [2.05, 4.69) is 20.0 Å². The van der Waals surface area contributed by atoms with Crippen LogP contribution in [-0.4, -0.2) is 51.6 Å². The van der Waals surface area contributed by atoms with Gasteiger partial charge in [0.15, 0.2) is 0 Å². The Labute approximate surface area is 140 Å². The van der Waals surface area contributed by atoms with E-state index < -0.39 is 0 Å². The van der Waals surface area contributed by atoms with E-state index in [0.717, 1.165) is 43.3 Å². The summed E-state index contributed by atoms with van der Waals surface area (Å²) < 4.78 is 5.01. The molecule has 24 heavy (non-hydrogen) atoms. The van der Waals surface area contributed by atoms with Crippen molar-refractivity contribution >= 4 is 11.7 Å². The molecule has 2 aromatic rings. The summed E-state index contributed by atoms with van der Waals surface area (Å²) in [5.74, 6) is 1.49. The number of carbonyl (C=O) groups is 1. The van der Waals surface area contributed by atoms with Crippen molar-refractivity contribution in [1.82, 2.24) is 20.0 Å². The third-order valence-corrected chi connectivity index (χ3v) is 5.13. The lowest BCUT2D eigenvalue weighted by Gasteiger charge is -2.25. The van der Waals surface area contributed by atoms with E-state index in [1.165, 1.54) is 6.26 Å². The van der Waals surface area contributed by atoms with Crippen molar-refractivity contribution < 1.29 is 9.32 Å². The second-order valence-electron chi connectivity index (χ2n) is 6.57. The Morgan fingerprint density at radius 1 is 1.38 bits per heavy atom. The normalized spacial score (nSPS) is 22.9. The van der Waals surface area contributed by atoms with Gasteiger partial charge in [0.2, 0.25) is 0 Å². The highest BCUT2D eigenvalue weighted by Crippen LogP contribution is 2.34. The smallest absolute Gasteiger partial charge is 0.259 e. The molecular weight excluding hydrogens is 306 g/mol. The molecule has 0 radical (unpaired) electrons. The predicted octanol–water partition coefficient (Wildman–Crippen LogP) is 1.69. The first-order valence-corrected chi connectivity index (χ1v) is 8.45. The Morgan fingerprint density at radius 3 is 3.04 bits per heavy atom. The molecule has 0 spiro atoms. The van der Waals surface area contributed by atoms with Crippen molar-refractivity contribution in [2.24, 2.45) is 5.92 Å². The maximum atomic E-state index is 12.9. The van der Waals surface area contributed by atoms with E-state index in [9.17, 15) is 4.79 Å². The predicted molar refractivity (Wildman–Crippen MR) is 87.8 cm³/mol. The van der Waals surface area contributed by atoms with Crippen LogP contribution in [0.15, 0.2) is 23.2 Å².